The predicted molar refractivity (Wildman–Crippen MR) is 71.3 cm³/mol. The third-order valence-electron chi connectivity index (χ3n) is 2.10. The van der Waals surface area contributed by atoms with Gasteiger partial charge < -0.3 is 10.2 Å². The maximum absolute atomic E-state index is 5.39. The molecule has 7 nitrogen and oxygen atoms in total. The molecule has 0 saturated carbocycles. The van der Waals surface area contributed by atoms with Gasteiger partial charge in [0.15, 0.2) is 5.82 Å². The average Bonchev–Trinajstić information content (AvgIpc) is 2.46. The molecule has 0 radical (unpaired) electrons. The highest BCUT2D eigenvalue weighted by atomic mass is 32.2. The summed E-state index contributed by atoms with van der Waals surface area (Å²) < 4.78 is 5.30. The summed E-state index contributed by atoms with van der Waals surface area (Å²) in [7, 11) is 0. The summed E-state index contributed by atoms with van der Waals surface area (Å²) in [6, 6.07) is 3.56. The summed E-state index contributed by atoms with van der Waals surface area (Å²) in [5, 5.41) is 1.55. The molecule has 100 valence electrons. The van der Waals surface area contributed by atoms with Crippen LogP contribution in [0.5, 0.6) is 0 Å². The number of nitrogen functional groups attached to an aromatic ring is 1. The van der Waals surface area contributed by atoms with Crippen molar-refractivity contribution >= 4 is 17.6 Å². The number of hydrazine groups is 1. The topological polar surface area (TPSA) is 98.8 Å². The zero-order valence-corrected chi connectivity index (χ0v) is 11.2. The van der Waals surface area contributed by atoms with E-state index >= 15 is 0 Å². The summed E-state index contributed by atoms with van der Waals surface area (Å²) in [6.45, 7) is 2.88. The summed E-state index contributed by atoms with van der Waals surface area (Å²) in [6.07, 6.45) is 3.17. The molecule has 2 aromatic heterocycles. The lowest BCUT2D eigenvalue weighted by Crippen LogP contribution is -2.11. The van der Waals surface area contributed by atoms with E-state index in [1.807, 2.05) is 13.0 Å². The lowest BCUT2D eigenvalue weighted by Gasteiger charge is -2.07. The van der Waals surface area contributed by atoms with E-state index in [1.54, 1.807) is 12.3 Å². The van der Waals surface area contributed by atoms with E-state index in [4.69, 9.17) is 10.6 Å². The highest BCUT2D eigenvalue weighted by Crippen LogP contribution is 2.25. The fourth-order valence-electron chi connectivity index (χ4n) is 1.30. The van der Waals surface area contributed by atoms with Gasteiger partial charge in [0, 0.05) is 18.9 Å². The molecular weight excluding hydrogens is 264 g/mol. The minimum absolute atomic E-state index is 0.351. The molecule has 0 atom stereocenters. The second-order valence-electron chi connectivity index (χ2n) is 3.44. The Balaban J connectivity index is 2.19. The van der Waals surface area contributed by atoms with Crippen molar-refractivity contribution in [2.45, 2.75) is 23.6 Å². The van der Waals surface area contributed by atoms with Crippen LogP contribution in [0, 0.1) is 0 Å². The molecule has 2 aromatic rings. The van der Waals surface area contributed by atoms with Gasteiger partial charge in [0.2, 0.25) is 0 Å². The maximum atomic E-state index is 5.39. The first kappa shape index (κ1) is 13.7. The van der Waals surface area contributed by atoms with Crippen LogP contribution in [0.2, 0.25) is 0 Å². The van der Waals surface area contributed by atoms with E-state index in [-0.39, 0.29) is 0 Å². The molecule has 0 amide bonds. The number of anilines is 1. The molecule has 0 fully saturated rings. The number of nitrogens with zero attached hydrogens (tertiary/aromatic N) is 4. The van der Waals surface area contributed by atoms with Gasteiger partial charge in [0.1, 0.15) is 28.8 Å². The van der Waals surface area contributed by atoms with Gasteiger partial charge in [-0.3, -0.25) is 0 Å². The molecule has 2 rings (SSSR count). The summed E-state index contributed by atoms with van der Waals surface area (Å²) in [5.41, 5.74) is 2.52. The number of hydrogen-bond acceptors (Lipinski definition) is 8. The Labute approximate surface area is 115 Å². The van der Waals surface area contributed by atoms with Crippen LogP contribution in [0.15, 0.2) is 34.7 Å². The van der Waals surface area contributed by atoms with Crippen LogP contribution in [0.1, 0.15) is 12.7 Å². The van der Waals surface area contributed by atoms with Gasteiger partial charge in [0.05, 0.1) is 0 Å². The molecule has 0 aliphatic carbocycles. The van der Waals surface area contributed by atoms with Crippen molar-refractivity contribution in [3.05, 3.63) is 30.5 Å². The molecule has 0 aromatic carbocycles. The van der Waals surface area contributed by atoms with Crippen molar-refractivity contribution in [1.82, 2.24) is 19.9 Å². The van der Waals surface area contributed by atoms with Crippen LogP contribution >= 0.6 is 11.8 Å². The molecule has 0 spiro atoms. The van der Waals surface area contributed by atoms with E-state index in [9.17, 15) is 0 Å². The maximum Gasteiger partial charge on any atom is 0.157 e. The van der Waals surface area contributed by atoms with Crippen LogP contribution in [-0.2, 0) is 11.3 Å². The van der Waals surface area contributed by atoms with Gasteiger partial charge in [-0.05, 0) is 24.8 Å². The number of hydrogen-bond donors (Lipinski definition) is 2. The van der Waals surface area contributed by atoms with Crippen molar-refractivity contribution in [2.75, 3.05) is 12.0 Å². The monoisotopic (exact) mass is 278 g/mol. The fraction of sp³-hybridized carbons (Fsp3) is 0.273. The number of aromatic nitrogens is 4. The summed E-state index contributed by atoms with van der Waals surface area (Å²) in [5.74, 6) is 6.51. The molecule has 0 bridgehead atoms. The molecule has 8 heteroatoms. The third kappa shape index (κ3) is 4.12. The van der Waals surface area contributed by atoms with Gasteiger partial charge in [-0.15, -0.1) is 0 Å². The number of rotatable bonds is 6. The van der Waals surface area contributed by atoms with Gasteiger partial charge in [0.25, 0.3) is 0 Å². The van der Waals surface area contributed by atoms with Crippen molar-refractivity contribution in [1.29, 1.82) is 0 Å². The standard InChI is InChI=1S/C11H14N6OS/c1-2-18-6-9-15-8(17-12)5-11(16-9)19-10-3-4-13-7-14-10/h3-5,7H,2,6,12H2,1H3,(H,15,16,17). The van der Waals surface area contributed by atoms with E-state index in [1.165, 1.54) is 18.1 Å². The van der Waals surface area contributed by atoms with E-state index in [0.29, 0.717) is 24.9 Å². The Morgan fingerprint density at radius 3 is 2.95 bits per heavy atom. The zero-order chi connectivity index (χ0) is 13.5. The molecule has 19 heavy (non-hydrogen) atoms. The summed E-state index contributed by atoms with van der Waals surface area (Å²) in [4.78, 5) is 16.6. The Morgan fingerprint density at radius 2 is 2.26 bits per heavy atom. The average molecular weight is 278 g/mol. The van der Waals surface area contributed by atoms with Crippen LogP contribution in [0.4, 0.5) is 5.82 Å². The number of nitrogens with two attached hydrogens (primary N) is 1. The van der Waals surface area contributed by atoms with Crippen molar-refractivity contribution in [3.8, 4) is 0 Å². The molecule has 0 aliphatic heterocycles. The van der Waals surface area contributed by atoms with Crippen molar-refractivity contribution in [3.63, 3.8) is 0 Å². The van der Waals surface area contributed by atoms with Gasteiger partial charge >= 0.3 is 0 Å². The lowest BCUT2D eigenvalue weighted by atomic mass is 10.5. The Kier molecular flexibility index (Phi) is 5.01. The highest BCUT2D eigenvalue weighted by Gasteiger charge is 2.06. The molecular formula is C11H14N6OS. The normalized spacial score (nSPS) is 10.4. The van der Waals surface area contributed by atoms with E-state index in [2.05, 4.69) is 25.4 Å². The molecule has 0 unspecified atom stereocenters. The van der Waals surface area contributed by atoms with Crippen LogP contribution in [0.3, 0.4) is 0 Å². The summed E-state index contributed by atoms with van der Waals surface area (Å²) >= 11 is 1.41. The van der Waals surface area contributed by atoms with Gasteiger partial charge in [-0.1, -0.05) is 0 Å². The van der Waals surface area contributed by atoms with E-state index < -0.39 is 0 Å². The van der Waals surface area contributed by atoms with Gasteiger partial charge in [-0.25, -0.2) is 25.8 Å². The molecule has 0 saturated heterocycles. The molecule has 2 heterocycles. The van der Waals surface area contributed by atoms with Crippen LogP contribution in [0.25, 0.3) is 0 Å². The van der Waals surface area contributed by atoms with Crippen LogP contribution < -0.4 is 11.3 Å². The Hall–Kier alpha value is -1.77. The minimum Gasteiger partial charge on any atom is -0.374 e. The highest BCUT2D eigenvalue weighted by molar-refractivity contribution is 7.99. The number of ether oxygens (including phenoxy) is 1. The first-order valence-electron chi connectivity index (χ1n) is 5.68. The fourth-order valence-corrected chi connectivity index (χ4v) is 2.07. The van der Waals surface area contributed by atoms with E-state index in [0.717, 1.165) is 10.1 Å². The Bertz CT molecular complexity index is 524. The SMILES string of the molecule is CCOCc1nc(NN)cc(Sc2ccncn2)n1. The first-order valence-corrected chi connectivity index (χ1v) is 6.49. The van der Waals surface area contributed by atoms with Gasteiger partial charge in [-0.2, -0.15) is 0 Å². The second-order valence-corrected chi connectivity index (χ2v) is 4.48. The number of nitrogens with one attached hydrogen (secondary N) is 1. The predicted octanol–water partition coefficient (Wildman–Crippen LogP) is 1.24. The smallest absolute Gasteiger partial charge is 0.157 e. The first-order chi connectivity index (χ1) is 9.31. The van der Waals surface area contributed by atoms with Crippen molar-refractivity contribution in [2.24, 2.45) is 5.84 Å². The lowest BCUT2D eigenvalue weighted by molar-refractivity contribution is 0.128. The quantitative estimate of drug-likeness (QED) is 0.462. The third-order valence-corrected chi connectivity index (χ3v) is 2.96. The minimum atomic E-state index is 0.351. The second kappa shape index (κ2) is 6.98. The molecule has 0 aliphatic rings. The van der Waals surface area contributed by atoms with Crippen LogP contribution in [-0.4, -0.2) is 26.5 Å². The largest absolute Gasteiger partial charge is 0.374 e. The Morgan fingerprint density at radius 1 is 1.37 bits per heavy atom. The molecule has 3 N–H and O–H groups in total. The zero-order valence-electron chi connectivity index (χ0n) is 10.4. The van der Waals surface area contributed by atoms with Crippen molar-refractivity contribution < 1.29 is 4.74 Å².